The van der Waals surface area contributed by atoms with Gasteiger partial charge in [-0.2, -0.15) is 15.0 Å². The standard InChI is InChI=1S/C13H18N6S/c1-8-5-6-9(2)10(7-8)20-13-16-11(18-14)15-12(17-13)19(3)4/h5-7H,14H2,1-4H3,(H,15,16,17,18). The third-order valence-corrected chi connectivity index (χ3v) is 3.70. The van der Waals surface area contributed by atoms with Gasteiger partial charge >= 0.3 is 0 Å². The molecule has 0 saturated heterocycles. The number of nitrogens with two attached hydrogens (primary N) is 1. The van der Waals surface area contributed by atoms with E-state index in [9.17, 15) is 0 Å². The van der Waals surface area contributed by atoms with E-state index in [1.54, 1.807) is 0 Å². The van der Waals surface area contributed by atoms with Crippen molar-refractivity contribution in [2.45, 2.75) is 23.9 Å². The van der Waals surface area contributed by atoms with Crippen molar-refractivity contribution in [2.75, 3.05) is 24.4 Å². The van der Waals surface area contributed by atoms with Crippen molar-refractivity contribution in [1.82, 2.24) is 15.0 Å². The Morgan fingerprint density at radius 3 is 2.55 bits per heavy atom. The summed E-state index contributed by atoms with van der Waals surface area (Å²) in [6.07, 6.45) is 0. The highest BCUT2D eigenvalue weighted by molar-refractivity contribution is 7.99. The van der Waals surface area contributed by atoms with Crippen molar-refractivity contribution in [2.24, 2.45) is 5.84 Å². The zero-order chi connectivity index (χ0) is 14.7. The van der Waals surface area contributed by atoms with E-state index in [1.165, 1.54) is 22.9 Å². The van der Waals surface area contributed by atoms with Gasteiger partial charge in [-0.15, -0.1) is 0 Å². The fourth-order valence-electron chi connectivity index (χ4n) is 1.57. The summed E-state index contributed by atoms with van der Waals surface area (Å²) in [6.45, 7) is 4.13. The van der Waals surface area contributed by atoms with Gasteiger partial charge < -0.3 is 4.90 Å². The van der Waals surface area contributed by atoms with E-state index in [-0.39, 0.29) is 0 Å². The van der Waals surface area contributed by atoms with Crippen molar-refractivity contribution in [3.05, 3.63) is 29.3 Å². The summed E-state index contributed by atoms with van der Waals surface area (Å²) in [6, 6.07) is 6.30. The van der Waals surface area contributed by atoms with Gasteiger partial charge in [0.2, 0.25) is 11.9 Å². The van der Waals surface area contributed by atoms with E-state index >= 15 is 0 Å². The molecule has 2 rings (SSSR count). The Morgan fingerprint density at radius 1 is 1.15 bits per heavy atom. The van der Waals surface area contributed by atoms with Crippen LogP contribution in [0.2, 0.25) is 0 Å². The molecule has 0 unspecified atom stereocenters. The molecule has 7 heteroatoms. The van der Waals surface area contributed by atoms with Crippen LogP contribution in [0.3, 0.4) is 0 Å². The van der Waals surface area contributed by atoms with Crippen LogP contribution in [0.5, 0.6) is 0 Å². The van der Waals surface area contributed by atoms with Crippen molar-refractivity contribution in [3.63, 3.8) is 0 Å². The lowest BCUT2D eigenvalue weighted by Gasteiger charge is -2.12. The molecular formula is C13H18N6S. The summed E-state index contributed by atoms with van der Waals surface area (Å²) >= 11 is 1.51. The van der Waals surface area contributed by atoms with Gasteiger partial charge in [-0.05, 0) is 42.8 Å². The predicted molar refractivity (Wildman–Crippen MR) is 82.0 cm³/mol. The molecule has 0 atom stereocenters. The van der Waals surface area contributed by atoms with E-state index in [1.807, 2.05) is 19.0 Å². The molecular weight excluding hydrogens is 272 g/mol. The van der Waals surface area contributed by atoms with Crippen LogP contribution >= 0.6 is 11.8 Å². The first-order valence-electron chi connectivity index (χ1n) is 6.14. The average molecular weight is 290 g/mol. The number of anilines is 2. The summed E-state index contributed by atoms with van der Waals surface area (Å²) in [7, 11) is 3.75. The zero-order valence-electron chi connectivity index (χ0n) is 12.0. The van der Waals surface area contributed by atoms with Gasteiger partial charge in [0.05, 0.1) is 0 Å². The first-order valence-corrected chi connectivity index (χ1v) is 6.96. The van der Waals surface area contributed by atoms with Crippen molar-refractivity contribution in [3.8, 4) is 0 Å². The summed E-state index contributed by atoms with van der Waals surface area (Å²) in [5, 5.41) is 0.616. The quantitative estimate of drug-likeness (QED) is 0.658. The number of benzene rings is 1. The average Bonchev–Trinajstić information content (AvgIpc) is 2.42. The Kier molecular flexibility index (Phi) is 4.41. The maximum Gasteiger partial charge on any atom is 0.242 e. The smallest absolute Gasteiger partial charge is 0.242 e. The molecule has 6 nitrogen and oxygen atoms in total. The summed E-state index contributed by atoms with van der Waals surface area (Å²) in [5.74, 6) is 6.33. The molecule has 0 aliphatic carbocycles. The Hall–Kier alpha value is -1.86. The van der Waals surface area contributed by atoms with E-state index < -0.39 is 0 Å². The van der Waals surface area contributed by atoms with Gasteiger partial charge in [-0.3, -0.25) is 5.43 Å². The summed E-state index contributed by atoms with van der Waals surface area (Å²) < 4.78 is 0. The Balaban J connectivity index is 2.37. The topological polar surface area (TPSA) is 80.0 Å². The van der Waals surface area contributed by atoms with Crippen LogP contribution in [0.15, 0.2) is 28.3 Å². The maximum absolute atomic E-state index is 5.40. The molecule has 1 aromatic carbocycles. The van der Waals surface area contributed by atoms with Crippen LogP contribution in [0.25, 0.3) is 0 Å². The fourth-order valence-corrected chi connectivity index (χ4v) is 2.50. The second-order valence-corrected chi connectivity index (χ2v) is 5.66. The lowest BCUT2D eigenvalue weighted by molar-refractivity contribution is 0.865. The van der Waals surface area contributed by atoms with Crippen molar-refractivity contribution in [1.29, 1.82) is 0 Å². The van der Waals surface area contributed by atoms with Gasteiger partial charge in [0.25, 0.3) is 0 Å². The number of aromatic nitrogens is 3. The molecule has 0 amide bonds. The number of aryl methyl sites for hydroxylation is 2. The van der Waals surface area contributed by atoms with Gasteiger partial charge in [0.1, 0.15) is 0 Å². The Bertz CT molecular complexity index is 614. The Morgan fingerprint density at radius 2 is 1.90 bits per heavy atom. The normalized spacial score (nSPS) is 10.4. The zero-order valence-corrected chi connectivity index (χ0v) is 12.8. The molecule has 20 heavy (non-hydrogen) atoms. The second kappa shape index (κ2) is 6.06. The lowest BCUT2D eigenvalue weighted by atomic mass is 10.2. The largest absolute Gasteiger partial charge is 0.347 e. The highest BCUT2D eigenvalue weighted by atomic mass is 32.2. The molecule has 0 aliphatic rings. The van der Waals surface area contributed by atoms with Crippen LogP contribution in [0.1, 0.15) is 11.1 Å². The van der Waals surface area contributed by atoms with Crippen LogP contribution < -0.4 is 16.2 Å². The minimum Gasteiger partial charge on any atom is -0.347 e. The van der Waals surface area contributed by atoms with Crippen LogP contribution in [0, 0.1) is 13.8 Å². The molecule has 0 fully saturated rings. The van der Waals surface area contributed by atoms with Gasteiger partial charge in [-0.25, -0.2) is 5.84 Å². The molecule has 0 spiro atoms. The molecule has 0 radical (unpaired) electrons. The van der Waals surface area contributed by atoms with Gasteiger partial charge in [0, 0.05) is 19.0 Å². The number of rotatable bonds is 4. The van der Waals surface area contributed by atoms with E-state index in [0.29, 0.717) is 17.1 Å². The number of nitrogens with one attached hydrogen (secondary N) is 1. The van der Waals surface area contributed by atoms with Crippen LogP contribution in [0.4, 0.5) is 11.9 Å². The molecule has 3 N–H and O–H groups in total. The van der Waals surface area contributed by atoms with E-state index in [4.69, 9.17) is 5.84 Å². The summed E-state index contributed by atoms with van der Waals surface area (Å²) in [4.78, 5) is 15.8. The first-order chi connectivity index (χ1) is 9.49. The number of hydrazine groups is 1. The number of nitrogen functional groups attached to an aromatic ring is 1. The molecule has 1 aromatic heterocycles. The second-order valence-electron chi connectivity index (χ2n) is 4.65. The fraction of sp³-hybridized carbons (Fsp3) is 0.308. The van der Waals surface area contributed by atoms with Crippen molar-refractivity contribution < 1.29 is 0 Å². The molecule has 2 aromatic rings. The third kappa shape index (κ3) is 3.37. The lowest BCUT2D eigenvalue weighted by Crippen LogP contribution is -2.17. The highest BCUT2D eigenvalue weighted by Gasteiger charge is 2.10. The molecule has 1 heterocycles. The van der Waals surface area contributed by atoms with Gasteiger partial charge in [0.15, 0.2) is 5.16 Å². The minimum absolute atomic E-state index is 0.358. The highest BCUT2D eigenvalue weighted by Crippen LogP contribution is 2.29. The molecule has 0 saturated carbocycles. The van der Waals surface area contributed by atoms with Gasteiger partial charge in [-0.1, -0.05) is 12.1 Å². The first kappa shape index (κ1) is 14.5. The molecule has 0 bridgehead atoms. The third-order valence-electron chi connectivity index (χ3n) is 2.68. The van der Waals surface area contributed by atoms with Crippen LogP contribution in [-0.4, -0.2) is 29.0 Å². The number of hydrogen-bond donors (Lipinski definition) is 2. The van der Waals surface area contributed by atoms with Crippen LogP contribution in [-0.2, 0) is 0 Å². The molecule has 106 valence electrons. The van der Waals surface area contributed by atoms with Crippen molar-refractivity contribution >= 4 is 23.7 Å². The minimum atomic E-state index is 0.358. The maximum atomic E-state index is 5.40. The summed E-state index contributed by atoms with van der Waals surface area (Å²) in [5.41, 5.74) is 4.87. The van der Waals surface area contributed by atoms with E-state index in [2.05, 4.69) is 52.4 Å². The van der Waals surface area contributed by atoms with E-state index in [0.717, 1.165) is 4.90 Å². The SMILES string of the molecule is Cc1ccc(C)c(Sc2nc(NN)nc(N(C)C)n2)c1. The molecule has 0 aliphatic heterocycles. The predicted octanol–water partition coefficient (Wildman–Crippen LogP) is 1.99. The number of nitrogens with zero attached hydrogens (tertiary/aromatic N) is 4. The Labute approximate surface area is 122 Å². The number of hydrogen-bond acceptors (Lipinski definition) is 7. The monoisotopic (exact) mass is 290 g/mol.